The monoisotopic (exact) mass is 348 g/mol. The fourth-order valence-corrected chi connectivity index (χ4v) is 3.74. The number of benzene rings is 1. The van der Waals surface area contributed by atoms with Crippen molar-refractivity contribution in [3.63, 3.8) is 0 Å². The van der Waals surface area contributed by atoms with Crippen LogP contribution in [0.4, 0.5) is 5.69 Å². The number of nitrogen functional groups attached to an aromatic ring is 1. The number of carbonyl (C=O) groups excluding carboxylic acids is 1. The summed E-state index contributed by atoms with van der Waals surface area (Å²) in [6.07, 6.45) is 4.42. The summed E-state index contributed by atoms with van der Waals surface area (Å²) in [7, 11) is 1.64. The molecule has 3 aromatic rings. The Kier molecular flexibility index (Phi) is 4.05. The van der Waals surface area contributed by atoms with E-state index < -0.39 is 0 Å². The molecule has 0 saturated carbocycles. The average molecular weight is 348 g/mol. The fraction of sp³-hybridized carbons (Fsp3) is 0.250. The third-order valence-corrected chi connectivity index (χ3v) is 5.04. The lowest BCUT2D eigenvalue weighted by Crippen LogP contribution is -2.22. The van der Waals surface area contributed by atoms with Crippen molar-refractivity contribution in [2.45, 2.75) is 19.5 Å². The van der Waals surface area contributed by atoms with Crippen LogP contribution in [0, 0.1) is 0 Å². The third-order valence-electron chi connectivity index (χ3n) is 5.04. The highest BCUT2D eigenvalue weighted by atomic mass is 16.5. The van der Waals surface area contributed by atoms with E-state index in [9.17, 15) is 4.79 Å². The zero-order valence-electron chi connectivity index (χ0n) is 14.8. The number of methoxy groups -OCH3 is 1. The molecule has 1 atom stereocenters. The molecule has 6 heteroatoms. The van der Waals surface area contributed by atoms with Gasteiger partial charge in [-0.15, -0.1) is 0 Å². The van der Waals surface area contributed by atoms with Gasteiger partial charge in [0.2, 0.25) is 0 Å². The standard InChI is InChI=1S/C20H20N4O2/c1-3-24-10-15-18(16(24)11-25)19(21)13-6-4-5-12(20(13)23-15)14-9-22-8-7-17(14)26-2/h4-9,11,16H,3,10H2,1-2H3,(H2,21,23). The van der Waals surface area contributed by atoms with Crippen LogP contribution in [0.25, 0.3) is 22.0 Å². The summed E-state index contributed by atoms with van der Waals surface area (Å²) in [6, 6.07) is 7.37. The molecule has 4 rings (SSSR count). The molecule has 1 aliphatic rings. The van der Waals surface area contributed by atoms with Gasteiger partial charge in [-0.3, -0.25) is 14.9 Å². The van der Waals surface area contributed by atoms with E-state index in [0.717, 1.165) is 51.9 Å². The second-order valence-electron chi connectivity index (χ2n) is 6.31. The normalized spacial score (nSPS) is 16.6. The first-order valence-electron chi connectivity index (χ1n) is 8.58. The van der Waals surface area contributed by atoms with Crippen molar-refractivity contribution >= 4 is 22.9 Å². The highest BCUT2D eigenvalue weighted by Crippen LogP contribution is 2.42. The second kappa shape index (κ2) is 6.38. The Labute approximate surface area is 151 Å². The maximum Gasteiger partial charge on any atom is 0.141 e. The molecule has 0 fully saturated rings. The molecule has 6 nitrogen and oxygen atoms in total. The first-order chi connectivity index (χ1) is 12.7. The van der Waals surface area contributed by atoms with Crippen LogP contribution in [0.2, 0.25) is 0 Å². The molecule has 1 aliphatic heterocycles. The number of ether oxygens (including phenoxy) is 1. The Morgan fingerprint density at radius 1 is 1.35 bits per heavy atom. The molecule has 0 spiro atoms. The Balaban J connectivity index is 2.00. The first kappa shape index (κ1) is 16.5. The Morgan fingerprint density at radius 3 is 2.92 bits per heavy atom. The van der Waals surface area contributed by atoms with Crippen LogP contribution in [0.3, 0.4) is 0 Å². The van der Waals surface area contributed by atoms with E-state index in [1.165, 1.54) is 0 Å². The number of nitrogens with zero attached hydrogens (tertiary/aromatic N) is 3. The second-order valence-corrected chi connectivity index (χ2v) is 6.31. The number of rotatable bonds is 4. The summed E-state index contributed by atoms with van der Waals surface area (Å²) >= 11 is 0. The quantitative estimate of drug-likeness (QED) is 0.730. The van der Waals surface area contributed by atoms with Gasteiger partial charge < -0.3 is 15.3 Å². The van der Waals surface area contributed by atoms with Crippen LogP contribution in [0.5, 0.6) is 5.75 Å². The van der Waals surface area contributed by atoms with Crippen LogP contribution in [0.15, 0.2) is 36.7 Å². The van der Waals surface area contributed by atoms with Crippen LogP contribution in [0.1, 0.15) is 24.2 Å². The smallest absolute Gasteiger partial charge is 0.141 e. The number of aldehydes is 1. The molecule has 0 radical (unpaired) electrons. The minimum absolute atomic E-state index is 0.330. The van der Waals surface area contributed by atoms with E-state index in [2.05, 4.69) is 9.88 Å². The fourth-order valence-electron chi connectivity index (χ4n) is 3.74. The van der Waals surface area contributed by atoms with E-state index in [1.54, 1.807) is 19.5 Å². The molecule has 0 saturated heterocycles. The molecular weight excluding hydrogens is 328 g/mol. The van der Waals surface area contributed by atoms with Gasteiger partial charge in [0.15, 0.2) is 0 Å². The number of fused-ring (bicyclic) bond motifs is 2. The van der Waals surface area contributed by atoms with Crippen molar-refractivity contribution in [1.82, 2.24) is 14.9 Å². The van der Waals surface area contributed by atoms with Crippen molar-refractivity contribution < 1.29 is 9.53 Å². The molecular formula is C20H20N4O2. The summed E-state index contributed by atoms with van der Waals surface area (Å²) in [5.41, 5.74) is 11.4. The highest BCUT2D eigenvalue weighted by Gasteiger charge is 2.33. The minimum atomic E-state index is -0.330. The zero-order valence-corrected chi connectivity index (χ0v) is 14.8. The molecule has 0 amide bonds. The van der Waals surface area contributed by atoms with Gasteiger partial charge in [0, 0.05) is 46.7 Å². The summed E-state index contributed by atoms with van der Waals surface area (Å²) in [6.45, 7) is 3.41. The number of carbonyl (C=O) groups is 1. The van der Waals surface area contributed by atoms with Gasteiger partial charge in [-0.2, -0.15) is 0 Å². The van der Waals surface area contributed by atoms with Crippen molar-refractivity contribution in [2.75, 3.05) is 19.4 Å². The van der Waals surface area contributed by atoms with E-state index in [4.69, 9.17) is 15.5 Å². The number of aromatic nitrogens is 2. The maximum absolute atomic E-state index is 11.6. The van der Waals surface area contributed by atoms with E-state index >= 15 is 0 Å². The summed E-state index contributed by atoms with van der Waals surface area (Å²) in [4.78, 5) is 22.9. The Morgan fingerprint density at radius 2 is 2.19 bits per heavy atom. The van der Waals surface area contributed by atoms with Crippen LogP contribution in [-0.2, 0) is 11.3 Å². The molecule has 0 aliphatic carbocycles. The van der Waals surface area contributed by atoms with Crippen LogP contribution >= 0.6 is 0 Å². The lowest BCUT2D eigenvalue weighted by molar-refractivity contribution is -0.112. The molecule has 3 heterocycles. The number of hydrogen-bond acceptors (Lipinski definition) is 6. The van der Waals surface area contributed by atoms with Gasteiger partial charge in [0.05, 0.1) is 24.4 Å². The van der Waals surface area contributed by atoms with Crippen molar-refractivity contribution in [1.29, 1.82) is 0 Å². The topological polar surface area (TPSA) is 81.3 Å². The van der Waals surface area contributed by atoms with E-state index in [0.29, 0.717) is 12.2 Å². The summed E-state index contributed by atoms with van der Waals surface area (Å²) in [5.74, 6) is 0.731. The third kappa shape index (κ3) is 2.34. The van der Waals surface area contributed by atoms with Gasteiger partial charge in [0.1, 0.15) is 12.0 Å². The van der Waals surface area contributed by atoms with Crippen LogP contribution < -0.4 is 10.5 Å². The molecule has 26 heavy (non-hydrogen) atoms. The van der Waals surface area contributed by atoms with Crippen molar-refractivity contribution in [3.8, 4) is 16.9 Å². The lowest BCUT2D eigenvalue weighted by atomic mass is 9.98. The van der Waals surface area contributed by atoms with Gasteiger partial charge in [-0.05, 0) is 12.6 Å². The predicted octanol–water partition coefficient (Wildman–Crippen LogP) is 2.96. The molecule has 1 aromatic carbocycles. The number of pyridine rings is 2. The lowest BCUT2D eigenvalue weighted by Gasteiger charge is -2.18. The number of hydrogen-bond donors (Lipinski definition) is 1. The zero-order chi connectivity index (χ0) is 18.3. The molecule has 0 bridgehead atoms. The average Bonchev–Trinajstić information content (AvgIpc) is 3.05. The van der Waals surface area contributed by atoms with Crippen molar-refractivity contribution in [2.24, 2.45) is 0 Å². The SMILES string of the molecule is CCN1Cc2nc3c(-c4cnccc4OC)cccc3c(N)c2C1C=O. The Hall–Kier alpha value is -2.99. The molecule has 1 unspecified atom stereocenters. The molecule has 2 aromatic heterocycles. The van der Waals surface area contributed by atoms with Gasteiger partial charge >= 0.3 is 0 Å². The number of nitrogens with two attached hydrogens (primary N) is 1. The summed E-state index contributed by atoms with van der Waals surface area (Å²) in [5, 5.41) is 0.844. The molecule has 2 N–H and O–H groups in total. The van der Waals surface area contributed by atoms with Gasteiger partial charge in [-0.25, -0.2) is 0 Å². The highest BCUT2D eigenvalue weighted by molar-refractivity contribution is 6.02. The summed E-state index contributed by atoms with van der Waals surface area (Å²) < 4.78 is 5.49. The van der Waals surface area contributed by atoms with Gasteiger partial charge in [-0.1, -0.05) is 25.1 Å². The maximum atomic E-state index is 11.6. The predicted molar refractivity (Wildman–Crippen MR) is 101 cm³/mol. The Bertz CT molecular complexity index is 1000. The van der Waals surface area contributed by atoms with E-state index in [-0.39, 0.29) is 6.04 Å². The molecule has 132 valence electrons. The largest absolute Gasteiger partial charge is 0.496 e. The van der Waals surface area contributed by atoms with Gasteiger partial charge in [0.25, 0.3) is 0 Å². The number of likely N-dealkylation sites (N-methyl/N-ethyl adjacent to an activating group) is 1. The first-order valence-corrected chi connectivity index (χ1v) is 8.58. The van der Waals surface area contributed by atoms with E-state index in [1.807, 2.05) is 31.2 Å². The number of anilines is 1. The minimum Gasteiger partial charge on any atom is -0.496 e. The van der Waals surface area contributed by atoms with Crippen molar-refractivity contribution in [3.05, 3.63) is 47.9 Å². The number of para-hydroxylation sites is 1. The van der Waals surface area contributed by atoms with Crippen LogP contribution in [-0.4, -0.2) is 34.8 Å².